The van der Waals surface area contributed by atoms with Crippen molar-refractivity contribution >= 4 is 47.0 Å². The van der Waals surface area contributed by atoms with Crippen molar-refractivity contribution in [3.05, 3.63) is 143 Å². The summed E-state index contributed by atoms with van der Waals surface area (Å²) < 4.78 is 56.0. The van der Waals surface area contributed by atoms with Crippen LogP contribution in [0.4, 0.5) is 0 Å². The fraction of sp³-hybridized carbons (Fsp3) is 0.364. The van der Waals surface area contributed by atoms with Crippen LogP contribution in [-0.2, 0) is 58.8 Å². The van der Waals surface area contributed by atoms with Crippen LogP contribution in [-0.4, -0.2) is 109 Å². The number of fused-ring (bicyclic) bond motifs is 1. The summed E-state index contributed by atoms with van der Waals surface area (Å²) in [6.07, 6.45) is -13.2. The zero-order chi connectivity index (χ0) is 42.9. The third kappa shape index (κ3) is 11.1. The molecule has 7 rings (SSSR count). The largest absolute Gasteiger partial charge is 0.459 e. The number of alkyl halides is 1. The summed E-state index contributed by atoms with van der Waals surface area (Å²) in [5.74, 6) is -3.53. The van der Waals surface area contributed by atoms with Crippen molar-refractivity contribution in [2.45, 2.75) is 81.2 Å². The second-order valence-electron chi connectivity index (χ2n) is 14.3. The summed E-state index contributed by atoms with van der Waals surface area (Å²) in [5, 5.41) is 14.4. The summed E-state index contributed by atoms with van der Waals surface area (Å²) in [4.78, 5) is 52.8. The van der Waals surface area contributed by atoms with Crippen LogP contribution in [0.2, 0.25) is 5.02 Å². The van der Waals surface area contributed by atoms with Crippen LogP contribution in [0.25, 0.3) is 0 Å². The summed E-state index contributed by atoms with van der Waals surface area (Å²) in [6, 6.07) is 31.0. The summed E-state index contributed by atoms with van der Waals surface area (Å²) >= 11 is 12.1. The van der Waals surface area contributed by atoms with E-state index in [0.717, 1.165) is 5.56 Å². The van der Waals surface area contributed by atoms with E-state index in [4.69, 9.17) is 65.8 Å². The number of aliphatic hydroxyl groups is 1. The second-order valence-corrected chi connectivity index (χ2v) is 15.0. The van der Waals surface area contributed by atoms with Crippen LogP contribution in [0.1, 0.15) is 45.1 Å². The average Bonchev–Trinajstić information content (AvgIpc) is 3.28. The van der Waals surface area contributed by atoms with E-state index in [9.17, 15) is 24.3 Å². The topological polar surface area (TPSA) is 184 Å². The lowest BCUT2D eigenvalue weighted by Crippen LogP contribution is -2.69. The van der Waals surface area contributed by atoms with Gasteiger partial charge in [0, 0.05) is 17.5 Å². The first-order valence-electron chi connectivity index (χ1n) is 19.4. The molecule has 3 saturated heterocycles. The van der Waals surface area contributed by atoms with Crippen molar-refractivity contribution in [2.75, 3.05) is 19.1 Å². The highest BCUT2D eigenvalue weighted by Gasteiger charge is 2.57. The number of ether oxygens (including phenoxy) is 9. The average molecular weight is 881 g/mol. The maximum atomic E-state index is 13.9. The number of carbonyl (C=O) groups is 4. The van der Waals surface area contributed by atoms with Gasteiger partial charge in [0.2, 0.25) is 5.91 Å². The van der Waals surface area contributed by atoms with Gasteiger partial charge in [-0.05, 0) is 42.0 Å². The SMILES string of the molecule is CC(=O)N[C@H]1C(O)O[C@H](COC(=O)c2ccccc2)[C@@H](OC2O[C@@H]3COC(c4ccccc4)O[C@@H]3[C@H](OC(=O)CCl)[C@H]2OC(=O)c2ccc(Cl)cc2)[C@@H]1OCc1ccccc1. The third-order valence-electron chi connectivity index (χ3n) is 10.1. The zero-order valence-electron chi connectivity index (χ0n) is 32.7. The van der Waals surface area contributed by atoms with Crippen LogP contribution in [0.15, 0.2) is 115 Å². The molecule has 3 heterocycles. The minimum atomic E-state index is -1.69. The number of aliphatic hydroxyl groups excluding tert-OH is 1. The predicted molar refractivity (Wildman–Crippen MR) is 215 cm³/mol. The molecular formula is C44H43Cl2NO14. The second kappa shape index (κ2) is 20.8. The Labute approximate surface area is 361 Å². The third-order valence-corrected chi connectivity index (χ3v) is 10.5. The zero-order valence-corrected chi connectivity index (χ0v) is 34.2. The van der Waals surface area contributed by atoms with Gasteiger partial charge in [-0.2, -0.15) is 0 Å². The van der Waals surface area contributed by atoms with E-state index in [1.807, 2.05) is 36.4 Å². The fourth-order valence-electron chi connectivity index (χ4n) is 7.20. The van der Waals surface area contributed by atoms with Gasteiger partial charge in [0.15, 0.2) is 31.1 Å². The highest BCUT2D eigenvalue weighted by molar-refractivity contribution is 6.30. The van der Waals surface area contributed by atoms with Gasteiger partial charge in [-0.15, -0.1) is 11.6 Å². The Bertz CT molecular complexity index is 2080. The van der Waals surface area contributed by atoms with Crippen LogP contribution < -0.4 is 5.32 Å². The quantitative estimate of drug-likeness (QED) is 0.0991. The summed E-state index contributed by atoms with van der Waals surface area (Å²) in [6.45, 7) is 0.631. The molecule has 4 aromatic carbocycles. The van der Waals surface area contributed by atoms with E-state index in [0.29, 0.717) is 10.6 Å². The molecule has 17 heteroatoms. The van der Waals surface area contributed by atoms with Gasteiger partial charge >= 0.3 is 17.9 Å². The Morgan fingerprint density at radius 2 is 1.41 bits per heavy atom. The van der Waals surface area contributed by atoms with Crippen molar-refractivity contribution in [3.63, 3.8) is 0 Å². The van der Waals surface area contributed by atoms with E-state index in [1.165, 1.54) is 31.2 Å². The molecule has 3 aliphatic heterocycles. The van der Waals surface area contributed by atoms with Crippen LogP contribution in [0.5, 0.6) is 0 Å². The number of hydrogen-bond donors (Lipinski definition) is 2. The molecule has 3 aliphatic rings. The monoisotopic (exact) mass is 879 g/mol. The number of amides is 1. The van der Waals surface area contributed by atoms with Gasteiger partial charge < -0.3 is 53.1 Å². The molecule has 0 radical (unpaired) electrons. The van der Waals surface area contributed by atoms with E-state index in [2.05, 4.69) is 5.32 Å². The van der Waals surface area contributed by atoms with Crippen LogP contribution in [0.3, 0.4) is 0 Å². The maximum Gasteiger partial charge on any atom is 0.338 e. The molecule has 15 nitrogen and oxygen atoms in total. The Balaban J connectivity index is 1.27. The summed E-state index contributed by atoms with van der Waals surface area (Å²) in [5.41, 5.74) is 1.73. The highest BCUT2D eigenvalue weighted by atomic mass is 35.5. The first-order chi connectivity index (χ1) is 29.6. The number of esters is 3. The van der Waals surface area contributed by atoms with Crippen LogP contribution >= 0.6 is 23.2 Å². The Morgan fingerprint density at radius 1 is 0.754 bits per heavy atom. The molecular weight excluding hydrogens is 837 g/mol. The molecule has 0 saturated carbocycles. The van der Waals surface area contributed by atoms with Crippen molar-refractivity contribution in [1.29, 1.82) is 0 Å². The molecule has 0 bridgehead atoms. The highest BCUT2D eigenvalue weighted by Crippen LogP contribution is 2.39. The Kier molecular flexibility index (Phi) is 15.0. The standard InChI is InChI=1S/C44H43Cl2NO14/c1-25(48)47-34-37(53-22-26-11-5-2-6-12-26)35(31(56-42(34)52)23-54-40(50)27-13-7-3-8-14-27)61-44-39(59-41(51)28-17-19-30(46)20-18-28)38(58-33(49)21-45)36-32(57-44)24-55-43(60-36)29-15-9-4-10-16-29/h2-20,31-32,34-39,42-44,52H,21-24H2,1H3,(H,47,48)/t31-,32-,34-,35-,36+,37-,38+,39-,42?,43?,44?/m1/s1. The lowest BCUT2D eigenvalue weighted by Gasteiger charge is -2.50. The Morgan fingerprint density at radius 3 is 2.08 bits per heavy atom. The van der Waals surface area contributed by atoms with Crippen molar-refractivity contribution in [1.82, 2.24) is 5.32 Å². The van der Waals surface area contributed by atoms with E-state index in [1.54, 1.807) is 54.6 Å². The van der Waals surface area contributed by atoms with E-state index >= 15 is 0 Å². The van der Waals surface area contributed by atoms with Gasteiger partial charge in [0.25, 0.3) is 0 Å². The molecule has 0 spiro atoms. The van der Waals surface area contributed by atoms with Gasteiger partial charge in [0.1, 0.15) is 49.0 Å². The molecule has 322 valence electrons. The van der Waals surface area contributed by atoms with Crippen molar-refractivity contribution in [3.8, 4) is 0 Å². The molecule has 0 aliphatic carbocycles. The first kappa shape index (κ1) is 44.1. The summed E-state index contributed by atoms with van der Waals surface area (Å²) in [7, 11) is 0. The van der Waals surface area contributed by atoms with Gasteiger partial charge in [-0.25, -0.2) is 9.59 Å². The first-order valence-corrected chi connectivity index (χ1v) is 20.3. The normalized spacial score (nSPS) is 28.4. The van der Waals surface area contributed by atoms with Gasteiger partial charge in [0.05, 0.1) is 24.3 Å². The molecule has 4 aromatic rings. The lowest BCUT2D eigenvalue weighted by molar-refractivity contribution is -0.380. The smallest absolute Gasteiger partial charge is 0.338 e. The lowest BCUT2D eigenvalue weighted by atomic mass is 9.94. The molecule has 2 N–H and O–H groups in total. The number of halogens is 2. The van der Waals surface area contributed by atoms with E-state index in [-0.39, 0.29) is 24.3 Å². The van der Waals surface area contributed by atoms with Crippen LogP contribution in [0, 0.1) is 0 Å². The molecule has 61 heavy (non-hydrogen) atoms. The van der Waals surface area contributed by atoms with Crippen molar-refractivity contribution in [2.24, 2.45) is 0 Å². The molecule has 0 aromatic heterocycles. The number of hydrogen-bond acceptors (Lipinski definition) is 14. The number of rotatable bonds is 14. The minimum absolute atomic E-state index is 0.0333. The number of nitrogens with one attached hydrogen (secondary N) is 1. The minimum Gasteiger partial charge on any atom is -0.459 e. The Hall–Kier alpha value is -4.94. The maximum absolute atomic E-state index is 13.9. The number of benzene rings is 4. The van der Waals surface area contributed by atoms with E-state index < -0.39 is 104 Å². The molecule has 1 amide bonds. The predicted octanol–water partition coefficient (Wildman–Crippen LogP) is 4.90. The van der Waals surface area contributed by atoms with Crippen molar-refractivity contribution < 1.29 is 66.9 Å². The fourth-order valence-corrected chi connectivity index (χ4v) is 7.39. The molecule has 3 fully saturated rings. The number of carbonyl (C=O) groups excluding carboxylic acids is 4. The molecule has 11 atom stereocenters. The van der Waals surface area contributed by atoms with Gasteiger partial charge in [-0.1, -0.05) is 90.5 Å². The molecule has 3 unspecified atom stereocenters. The van der Waals surface area contributed by atoms with Gasteiger partial charge in [-0.3, -0.25) is 9.59 Å².